The molecular weight excluding hydrogens is 524 g/mol. The van der Waals surface area contributed by atoms with Gasteiger partial charge in [0.1, 0.15) is 11.5 Å². The summed E-state index contributed by atoms with van der Waals surface area (Å²) in [5, 5.41) is 14.7. The summed E-state index contributed by atoms with van der Waals surface area (Å²) in [4.78, 5) is 27.6. The molecule has 222 valence electrons. The summed E-state index contributed by atoms with van der Waals surface area (Å²) in [5.41, 5.74) is -0.832. The lowest BCUT2D eigenvalue weighted by molar-refractivity contribution is -0.131. The average Bonchev–Trinajstić information content (AvgIpc) is 3.33. The van der Waals surface area contributed by atoms with Crippen LogP contribution in [0, 0.1) is 29.1 Å². The maximum absolute atomic E-state index is 13.8. The summed E-state index contributed by atoms with van der Waals surface area (Å²) in [5.74, 6) is 3.24. The SMILES string of the molecule is CC(C)(COc1noc(C(=O)NC23CC4CC(CC(C4)C2)C3)c1SC1CCCCC1)C(=O)NCC1CCNCC1. The predicted octanol–water partition coefficient (Wildman–Crippen LogP) is 5.32. The highest BCUT2D eigenvalue weighted by atomic mass is 32.2. The quantitative estimate of drug-likeness (QED) is 0.349. The summed E-state index contributed by atoms with van der Waals surface area (Å²) in [6.45, 7) is 6.70. The molecule has 0 radical (unpaired) electrons. The van der Waals surface area contributed by atoms with Crippen LogP contribution in [-0.4, -0.2) is 54.0 Å². The van der Waals surface area contributed by atoms with Crippen molar-refractivity contribution in [3.8, 4) is 5.88 Å². The van der Waals surface area contributed by atoms with Gasteiger partial charge in [-0.1, -0.05) is 19.3 Å². The number of thioether (sulfide) groups is 1. The Morgan fingerprint density at radius 3 is 2.33 bits per heavy atom. The van der Waals surface area contributed by atoms with Crippen LogP contribution in [0.2, 0.25) is 0 Å². The van der Waals surface area contributed by atoms with Gasteiger partial charge in [-0.05, 0) is 120 Å². The number of nitrogens with zero attached hydrogens (tertiary/aromatic N) is 1. The summed E-state index contributed by atoms with van der Waals surface area (Å²) >= 11 is 1.68. The van der Waals surface area contributed by atoms with Crippen LogP contribution in [0.5, 0.6) is 5.88 Å². The second kappa shape index (κ2) is 11.9. The molecule has 1 aliphatic heterocycles. The molecule has 4 bridgehead atoms. The summed E-state index contributed by atoms with van der Waals surface area (Å²) < 4.78 is 12.0. The minimum absolute atomic E-state index is 0.0178. The molecule has 2 amide bonds. The van der Waals surface area contributed by atoms with E-state index in [9.17, 15) is 9.59 Å². The number of rotatable bonds is 10. The van der Waals surface area contributed by atoms with Crippen LogP contribution < -0.4 is 20.7 Å². The van der Waals surface area contributed by atoms with E-state index in [1.807, 2.05) is 13.8 Å². The minimum atomic E-state index is -0.736. The van der Waals surface area contributed by atoms with Gasteiger partial charge in [-0.25, -0.2) is 0 Å². The molecule has 1 aromatic heterocycles. The monoisotopic (exact) mass is 572 g/mol. The number of hydrogen-bond acceptors (Lipinski definition) is 7. The topological polar surface area (TPSA) is 105 Å². The molecule has 6 fully saturated rings. The number of carbonyl (C=O) groups is 2. The largest absolute Gasteiger partial charge is 0.474 e. The van der Waals surface area contributed by atoms with Gasteiger partial charge >= 0.3 is 0 Å². The van der Waals surface area contributed by atoms with Crippen LogP contribution >= 0.6 is 11.8 Å². The number of aromatic nitrogens is 1. The Labute approximate surface area is 243 Å². The number of carbonyl (C=O) groups excluding carboxylic acids is 2. The van der Waals surface area contributed by atoms with Crippen LogP contribution in [0.4, 0.5) is 0 Å². The Morgan fingerprint density at radius 2 is 1.68 bits per heavy atom. The molecular formula is C31H48N4O4S. The van der Waals surface area contributed by atoms with Crippen molar-refractivity contribution >= 4 is 23.6 Å². The van der Waals surface area contributed by atoms with E-state index in [1.165, 1.54) is 38.5 Å². The van der Waals surface area contributed by atoms with Gasteiger partial charge in [0.2, 0.25) is 11.7 Å². The van der Waals surface area contributed by atoms with E-state index in [-0.39, 0.29) is 29.7 Å². The zero-order chi connectivity index (χ0) is 27.7. The van der Waals surface area contributed by atoms with Gasteiger partial charge in [0.25, 0.3) is 11.8 Å². The van der Waals surface area contributed by atoms with Gasteiger partial charge in [-0.2, -0.15) is 0 Å². The summed E-state index contributed by atoms with van der Waals surface area (Å²) in [7, 11) is 0. The highest BCUT2D eigenvalue weighted by Gasteiger charge is 2.52. The third kappa shape index (κ3) is 6.35. The molecule has 9 heteroatoms. The molecule has 6 aliphatic rings. The van der Waals surface area contributed by atoms with Crippen molar-refractivity contribution in [3.05, 3.63) is 5.76 Å². The average molecular weight is 573 g/mol. The zero-order valence-corrected chi connectivity index (χ0v) is 25.2. The third-order valence-electron chi connectivity index (χ3n) is 10.3. The van der Waals surface area contributed by atoms with Gasteiger partial charge in [0, 0.05) is 17.3 Å². The van der Waals surface area contributed by atoms with Crippen molar-refractivity contribution in [2.45, 2.75) is 113 Å². The fraction of sp³-hybridized carbons (Fsp3) is 0.839. The molecule has 7 rings (SSSR count). The number of hydrogen-bond donors (Lipinski definition) is 3. The van der Waals surface area contributed by atoms with Gasteiger partial charge in [-0.3, -0.25) is 9.59 Å². The standard InChI is InChI=1S/C31H48N4O4S/c1-30(2,29(37)33-18-20-8-10-32-11-9-20)19-38-28-26(40-24-6-4-3-5-7-24)25(39-35-28)27(36)34-31-15-21-12-22(16-31)14-23(13-21)17-31/h20-24,32H,3-19H2,1-2H3,(H,33,37)(H,34,36). The molecule has 0 spiro atoms. The lowest BCUT2D eigenvalue weighted by Gasteiger charge is -2.56. The van der Waals surface area contributed by atoms with Crippen molar-refractivity contribution in [1.29, 1.82) is 0 Å². The van der Waals surface area contributed by atoms with Crippen LogP contribution in [0.15, 0.2) is 9.42 Å². The Bertz CT molecular complexity index is 1020. The third-order valence-corrected chi connectivity index (χ3v) is 11.7. The van der Waals surface area contributed by atoms with E-state index >= 15 is 0 Å². The molecule has 40 heavy (non-hydrogen) atoms. The van der Waals surface area contributed by atoms with Gasteiger partial charge in [0.15, 0.2) is 0 Å². The molecule has 8 nitrogen and oxygen atoms in total. The maximum atomic E-state index is 13.8. The van der Waals surface area contributed by atoms with Crippen molar-refractivity contribution in [1.82, 2.24) is 21.1 Å². The molecule has 5 aliphatic carbocycles. The first-order valence-corrected chi connectivity index (χ1v) is 16.8. The fourth-order valence-electron chi connectivity index (χ4n) is 8.39. The highest BCUT2D eigenvalue weighted by Crippen LogP contribution is 2.55. The molecule has 1 saturated heterocycles. The van der Waals surface area contributed by atoms with E-state index < -0.39 is 5.41 Å². The number of nitrogens with one attached hydrogen (secondary N) is 3. The van der Waals surface area contributed by atoms with Gasteiger partial charge in [0.05, 0.1) is 5.41 Å². The molecule has 3 N–H and O–H groups in total. The minimum Gasteiger partial charge on any atom is -0.474 e. The van der Waals surface area contributed by atoms with Crippen molar-refractivity contribution in [2.24, 2.45) is 29.1 Å². The second-order valence-electron chi connectivity index (χ2n) is 14.3. The van der Waals surface area contributed by atoms with Crippen molar-refractivity contribution in [2.75, 3.05) is 26.2 Å². The first-order valence-electron chi connectivity index (χ1n) is 15.9. The molecule has 5 saturated carbocycles. The van der Waals surface area contributed by atoms with Crippen molar-refractivity contribution < 1.29 is 18.8 Å². The molecule has 2 heterocycles. The van der Waals surface area contributed by atoms with Crippen LogP contribution in [0.3, 0.4) is 0 Å². The van der Waals surface area contributed by atoms with Gasteiger partial charge in [-0.15, -0.1) is 11.8 Å². The molecule has 0 atom stereocenters. The Hall–Kier alpha value is -1.74. The van der Waals surface area contributed by atoms with Crippen LogP contribution in [0.25, 0.3) is 0 Å². The van der Waals surface area contributed by atoms with E-state index in [0.717, 1.165) is 75.8 Å². The van der Waals surface area contributed by atoms with Crippen LogP contribution in [-0.2, 0) is 4.79 Å². The normalized spacial score (nSPS) is 30.8. The van der Waals surface area contributed by atoms with Crippen LogP contribution in [0.1, 0.15) is 108 Å². The lowest BCUT2D eigenvalue weighted by atomic mass is 9.53. The maximum Gasteiger partial charge on any atom is 0.291 e. The van der Waals surface area contributed by atoms with E-state index in [4.69, 9.17) is 9.26 Å². The lowest BCUT2D eigenvalue weighted by Crippen LogP contribution is -2.59. The molecule has 0 aromatic carbocycles. The smallest absolute Gasteiger partial charge is 0.291 e. The summed E-state index contributed by atoms with van der Waals surface area (Å²) in [6.07, 6.45) is 15.4. The first-order chi connectivity index (χ1) is 19.3. The Balaban J connectivity index is 1.13. The highest BCUT2D eigenvalue weighted by molar-refractivity contribution is 8.00. The van der Waals surface area contributed by atoms with Gasteiger partial charge < -0.3 is 25.2 Å². The number of ether oxygens (including phenoxy) is 1. The molecule has 0 unspecified atom stereocenters. The predicted molar refractivity (Wildman–Crippen MR) is 155 cm³/mol. The van der Waals surface area contributed by atoms with E-state index in [0.29, 0.717) is 28.5 Å². The Morgan fingerprint density at radius 1 is 1.02 bits per heavy atom. The Kier molecular flexibility index (Phi) is 8.42. The van der Waals surface area contributed by atoms with E-state index in [2.05, 4.69) is 21.1 Å². The first kappa shape index (κ1) is 28.4. The number of piperidine rings is 1. The van der Waals surface area contributed by atoms with E-state index in [1.54, 1.807) is 11.8 Å². The number of amides is 2. The van der Waals surface area contributed by atoms with Crippen molar-refractivity contribution in [3.63, 3.8) is 0 Å². The zero-order valence-electron chi connectivity index (χ0n) is 24.4. The summed E-state index contributed by atoms with van der Waals surface area (Å²) in [6, 6.07) is 0. The fourth-order valence-corrected chi connectivity index (χ4v) is 9.73. The molecule has 1 aromatic rings. The second-order valence-corrected chi connectivity index (χ2v) is 15.6.